The summed E-state index contributed by atoms with van der Waals surface area (Å²) in [4.78, 5) is 12.0. The molecule has 0 spiro atoms. The summed E-state index contributed by atoms with van der Waals surface area (Å²) in [6.45, 7) is 1.29. The second kappa shape index (κ2) is 7.40. The Bertz CT molecular complexity index is 520. The Balaban J connectivity index is 1.96. The van der Waals surface area contributed by atoms with Crippen molar-refractivity contribution in [3.05, 3.63) is 23.8 Å². The molecule has 0 radical (unpaired) electrons. The van der Waals surface area contributed by atoms with Gasteiger partial charge in [-0.3, -0.25) is 0 Å². The molecule has 2 atom stereocenters. The van der Waals surface area contributed by atoms with E-state index < -0.39 is 12.6 Å². The third-order valence-corrected chi connectivity index (χ3v) is 3.63. The monoisotopic (exact) mass is 314 g/mol. The van der Waals surface area contributed by atoms with Crippen molar-refractivity contribution in [2.45, 2.75) is 45.4 Å². The fraction of sp³-hybridized carbons (Fsp3) is 0.533. The molecular formula is C15H20F2N2O3. The Morgan fingerprint density at radius 1 is 1.45 bits per heavy atom. The Morgan fingerprint density at radius 3 is 2.86 bits per heavy atom. The van der Waals surface area contributed by atoms with Gasteiger partial charge in [-0.05, 0) is 38.8 Å². The maximum absolute atomic E-state index is 12.3. The van der Waals surface area contributed by atoms with E-state index in [2.05, 4.69) is 15.4 Å². The van der Waals surface area contributed by atoms with Crippen molar-refractivity contribution in [3.63, 3.8) is 0 Å². The largest absolute Gasteiger partial charge is 0.434 e. The molecule has 2 rings (SSSR count). The number of urea groups is 1. The number of carbonyl (C=O) groups is 1. The average molecular weight is 314 g/mol. The van der Waals surface area contributed by atoms with Crippen LogP contribution in [0.4, 0.5) is 19.3 Å². The molecule has 0 saturated carbocycles. The standard InChI is InChI=1S/C15H20F2N2O3/c1-9-11(5-3-6-12(9)22-14(16)17)19-15(20)18-10(2)13-7-4-8-21-13/h3,5-6,10,13-14H,4,7-8H2,1-2H3,(H2,18,19,20)/t10-,13+/m0/s1. The van der Waals surface area contributed by atoms with Gasteiger partial charge in [0.05, 0.1) is 12.1 Å². The van der Waals surface area contributed by atoms with Crippen LogP contribution in [0.25, 0.3) is 0 Å². The van der Waals surface area contributed by atoms with Crippen molar-refractivity contribution in [2.24, 2.45) is 0 Å². The van der Waals surface area contributed by atoms with E-state index in [0.29, 0.717) is 17.9 Å². The molecule has 1 fully saturated rings. The smallest absolute Gasteiger partial charge is 0.387 e. The van der Waals surface area contributed by atoms with E-state index in [1.807, 2.05) is 6.92 Å². The number of benzene rings is 1. The van der Waals surface area contributed by atoms with E-state index >= 15 is 0 Å². The second-order valence-corrected chi connectivity index (χ2v) is 5.25. The van der Waals surface area contributed by atoms with Gasteiger partial charge in [0.2, 0.25) is 0 Å². The lowest BCUT2D eigenvalue weighted by Gasteiger charge is -2.21. The Kier molecular flexibility index (Phi) is 5.54. The number of halogens is 2. The minimum atomic E-state index is -2.90. The van der Waals surface area contributed by atoms with E-state index in [4.69, 9.17) is 4.74 Å². The molecule has 1 aliphatic heterocycles. The Morgan fingerprint density at radius 2 is 2.23 bits per heavy atom. The molecule has 0 aliphatic carbocycles. The number of alkyl halides is 2. The van der Waals surface area contributed by atoms with Crippen molar-refractivity contribution in [1.82, 2.24) is 5.32 Å². The van der Waals surface area contributed by atoms with Crippen molar-refractivity contribution < 1.29 is 23.0 Å². The quantitative estimate of drug-likeness (QED) is 0.877. The molecule has 1 heterocycles. The first-order chi connectivity index (χ1) is 10.5. The van der Waals surface area contributed by atoms with E-state index in [0.717, 1.165) is 12.8 Å². The molecule has 2 N–H and O–H groups in total. The maximum atomic E-state index is 12.3. The molecule has 2 amide bonds. The van der Waals surface area contributed by atoms with Crippen molar-refractivity contribution in [3.8, 4) is 5.75 Å². The van der Waals surface area contributed by atoms with Gasteiger partial charge in [0.1, 0.15) is 5.75 Å². The van der Waals surface area contributed by atoms with Gasteiger partial charge in [-0.1, -0.05) is 6.07 Å². The summed E-state index contributed by atoms with van der Waals surface area (Å²) >= 11 is 0. The van der Waals surface area contributed by atoms with Crippen LogP contribution < -0.4 is 15.4 Å². The van der Waals surface area contributed by atoms with Crippen LogP contribution in [0.5, 0.6) is 5.75 Å². The van der Waals surface area contributed by atoms with Crippen LogP contribution in [0.15, 0.2) is 18.2 Å². The van der Waals surface area contributed by atoms with Gasteiger partial charge in [-0.15, -0.1) is 0 Å². The molecule has 0 aromatic heterocycles. The van der Waals surface area contributed by atoms with Gasteiger partial charge in [0.15, 0.2) is 0 Å². The van der Waals surface area contributed by atoms with E-state index in [9.17, 15) is 13.6 Å². The number of rotatable bonds is 5. The topological polar surface area (TPSA) is 59.6 Å². The summed E-state index contributed by atoms with van der Waals surface area (Å²) in [6.07, 6.45) is 1.92. The van der Waals surface area contributed by atoms with Crippen LogP contribution in [0.3, 0.4) is 0 Å². The van der Waals surface area contributed by atoms with E-state index in [-0.39, 0.29) is 17.9 Å². The third kappa shape index (κ3) is 4.30. The summed E-state index contributed by atoms with van der Waals surface area (Å²) in [6, 6.07) is 4.08. The normalized spacial score (nSPS) is 19.0. The first kappa shape index (κ1) is 16.5. The minimum absolute atomic E-state index is 0.0142. The van der Waals surface area contributed by atoms with Crippen LogP contribution in [0.2, 0.25) is 0 Å². The SMILES string of the molecule is Cc1c(NC(=O)N[C@@H](C)[C@H]2CCCO2)cccc1OC(F)F. The van der Waals surface area contributed by atoms with Gasteiger partial charge in [-0.2, -0.15) is 8.78 Å². The predicted molar refractivity (Wildman–Crippen MR) is 78.4 cm³/mol. The number of ether oxygens (including phenoxy) is 2. The summed E-state index contributed by atoms with van der Waals surface area (Å²) < 4.78 is 34.5. The zero-order valence-electron chi connectivity index (χ0n) is 12.6. The minimum Gasteiger partial charge on any atom is -0.434 e. The van der Waals surface area contributed by atoms with Crippen LogP contribution in [0.1, 0.15) is 25.3 Å². The third-order valence-electron chi connectivity index (χ3n) is 3.63. The lowest BCUT2D eigenvalue weighted by atomic mass is 10.1. The van der Waals surface area contributed by atoms with Crippen LogP contribution in [-0.2, 0) is 4.74 Å². The summed E-state index contributed by atoms with van der Waals surface area (Å²) in [7, 11) is 0. The molecule has 1 aromatic rings. The zero-order valence-corrected chi connectivity index (χ0v) is 12.6. The lowest BCUT2D eigenvalue weighted by Crippen LogP contribution is -2.43. The van der Waals surface area contributed by atoms with Gasteiger partial charge in [-0.25, -0.2) is 4.79 Å². The first-order valence-electron chi connectivity index (χ1n) is 7.21. The number of carbonyl (C=O) groups excluding carboxylic acids is 1. The molecule has 22 heavy (non-hydrogen) atoms. The fourth-order valence-electron chi connectivity index (χ4n) is 2.43. The number of anilines is 1. The van der Waals surface area contributed by atoms with E-state index in [1.54, 1.807) is 19.1 Å². The van der Waals surface area contributed by atoms with Gasteiger partial charge in [0, 0.05) is 17.9 Å². The number of hydrogen-bond donors (Lipinski definition) is 2. The maximum Gasteiger partial charge on any atom is 0.387 e. The summed E-state index contributed by atoms with van der Waals surface area (Å²) in [5.74, 6) is 0.0416. The summed E-state index contributed by atoms with van der Waals surface area (Å²) in [5, 5.41) is 5.44. The number of amides is 2. The molecule has 1 aliphatic rings. The molecule has 5 nitrogen and oxygen atoms in total. The summed E-state index contributed by atoms with van der Waals surface area (Å²) in [5.41, 5.74) is 0.873. The highest BCUT2D eigenvalue weighted by Crippen LogP contribution is 2.26. The first-order valence-corrected chi connectivity index (χ1v) is 7.21. The van der Waals surface area contributed by atoms with Crippen molar-refractivity contribution in [1.29, 1.82) is 0 Å². The number of nitrogens with one attached hydrogen (secondary N) is 2. The fourth-order valence-corrected chi connectivity index (χ4v) is 2.43. The molecule has 0 unspecified atom stereocenters. The van der Waals surface area contributed by atoms with Gasteiger partial charge >= 0.3 is 12.6 Å². The molecule has 7 heteroatoms. The second-order valence-electron chi connectivity index (χ2n) is 5.25. The molecule has 122 valence electrons. The number of hydrogen-bond acceptors (Lipinski definition) is 3. The van der Waals surface area contributed by atoms with Gasteiger partial charge < -0.3 is 20.1 Å². The highest BCUT2D eigenvalue weighted by molar-refractivity contribution is 5.90. The Hall–Kier alpha value is -1.89. The van der Waals surface area contributed by atoms with Crippen molar-refractivity contribution >= 4 is 11.7 Å². The molecule has 1 aromatic carbocycles. The Labute approximate surface area is 128 Å². The average Bonchev–Trinajstić information content (AvgIpc) is 2.97. The lowest BCUT2D eigenvalue weighted by molar-refractivity contribution is -0.0502. The van der Waals surface area contributed by atoms with Crippen LogP contribution in [0, 0.1) is 6.92 Å². The zero-order chi connectivity index (χ0) is 16.1. The molecule has 1 saturated heterocycles. The molecule has 0 bridgehead atoms. The van der Waals surface area contributed by atoms with Crippen LogP contribution >= 0.6 is 0 Å². The molecular weight excluding hydrogens is 294 g/mol. The van der Waals surface area contributed by atoms with Gasteiger partial charge in [0.25, 0.3) is 0 Å². The highest BCUT2D eigenvalue weighted by Gasteiger charge is 2.23. The predicted octanol–water partition coefficient (Wildman–Crippen LogP) is 3.29. The van der Waals surface area contributed by atoms with Crippen molar-refractivity contribution in [2.75, 3.05) is 11.9 Å². The highest BCUT2D eigenvalue weighted by atomic mass is 19.3. The van der Waals surface area contributed by atoms with Crippen LogP contribution in [-0.4, -0.2) is 31.4 Å². The van der Waals surface area contributed by atoms with E-state index in [1.165, 1.54) is 6.07 Å².